The van der Waals surface area contributed by atoms with Crippen LogP contribution in [0.1, 0.15) is 5.56 Å². The minimum absolute atomic E-state index is 0.0135. The Hall–Kier alpha value is -2.45. The monoisotopic (exact) mass is 374 g/mol. The van der Waals surface area contributed by atoms with Gasteiger partial charge in [0.2, 0.25) is 0 Å². The molecular weight excluding hydrogens is 355 g/mol. The summed E-state index contributed by atoms with van der Waals surface area (Å²) < 4.78 is 14.5. The lowest BCUT2D eigenvalue weighted by molar-refractivity contribution is -0.384. The average Bonchev–Trinajstić information content (AvgIpc) is 2.63. The second kappa shape index (κ2) is 7.84. The molecule has 0 bridgehead atoms. The second-order valence-electron chi connectivity index (χ2n) is 6.19. The molecule has 0 radical (unpaired) electrons. The molecule has 26 heavy (non-hydrogen) atoms. The molecule has 6 nitrogen and oxygen atoms in total. The number of nitro benzene ring substituents is 1. The van der Waals surface area contributed by atoms with E-state index in [1.165, 1.54) is 24.4 Å². The highest BCUT2D eigenvalue weighted by Crippen LogP contribution is 2.32. The van der Waals surface area contributed by atoms with Crippen molar-refractivity contribution < 1.29 is 9.31 Å². The Labute approximate surface area is 156 Å². The molecule has 8 heteroatoms. The number of halogens is 1. The van der Waals surface area contributed by atoms with Gasteiger partial charge >= 0.3 is 0 Å². The molecule has 0 aromatic heterocycles. The topological polar surface area (TPSA) is 62.0 Å². The highest BCUT2D eigenvalue weighted by molar-refractivity contribution is 7.80. The van der Waals surface area contributed by atoms with Gasteiger partial charge in [0.1, 0.15) is 5.82 Å². The zero-order valence-corrected chi connectivity index (χ0v) is 15.2. The van der Waals surface area contributed by atoms with Crippen molar-refractivity contribution in [1.82, 2.24) is 4.90 Å². The van der Waals surface area contributed by atoms with E-state index in [0.717, 1.165) is 26.2 Å². The van der Waals surface area contributed by atoms with E-state index in [0.29, 0.717) is 21.8 Å². The number of nitrogens with zero attached hydrogens (tertiary/aromatic N) is 4. The van der Waals surface area contributed by atoms with Crippen molar-refractivity contribution >= 4 is 35.9 Å². The van der Waals surface area contributed by atoms with E-state index in [1.807, 2.05) is 11.9 Å². The Bertz CT molecular complexity index is 834. The van der Waals surface area contributed by atoms with Crippen LogP contribution in [-0.4, -0.2) is 49.3 Å². The first-order valence-electron chi connectivity index (χ1n) is 8.18. The zero-order valence-electron chi connectivity index (χ0n) is 14.3. The SMILES string of the molecule is CN1CCN(c2cc(S)c(N=Cc3ccc([N+](=O)[O-])cc3)cc2F)CC1. The molecular formula is C18H19FN4O2S. The standard InChI is InChI=1S/C18H19FN4O2S/c1-21-6-8-22(9-7-21)17-11-18(26)16(10-15(17)19)20-12-13-2-4-14(5-3-13)23(24)25/h2-5,10-12,26H,6-9H2,1H3. The molecule has 0 saturated carbocycles. The molecule has 0 aliphatic carbocycles. The fourth-order valence-corrected chi connectivity index (χ4v) is 3.00. The first kappa shape index (κ1) is 18.3. The first-order valence-corrected chi connectivity index (χ1v) is 8.63. The molecule has 1 saturated heterocycles. The van der Waals surface area contributed by atoms with E-state index in [1.54, 1.807) is 18.2 Å². The Morgan fingerprint density at radius 2 is 1.85 bits per heavy atom. The van der Waals surface area contributed by atoms with Crippen LogP contribution in [0.2, 0.25) is 0 Å². The second-order valence-corrected chi connectivity index (χ2v) is 6.67. The molecule has 0 amide bonds. The molecule has 1 heterocycles. The fourth-order valence-electron chi connectivity index (χ4n) is 2.76. The number of hydrogen-bond donors (Lipinski definition) is 1. The lowest BCUT2D eigenvalue weighted by Gasteiger charge is -2.34. The van der Waals surface area contributed by atoms with Crippen LogP contribution in [0.3, 0.4) is 0 Å². The molecule has 0 spiro atoms. The molecule has 136 valence electrons. The quantitative estimate of drug-likeness (QED) is 0.385. The number of thiol groups is 1. The Kier molecular flexibility index (Phi) is 5.53. The van der Waals surface area contributed by atoms with Gasteiger partial charge in [-0.05, 0) is 30.8 Å². The maximum Gasteiger partial charge on any atom is 0.269 e. The molecule has 3 rings (SSSR count). The summed E-state index contributed by atoms with van der Waals surface area (Å²) in [6.07, 6.45) is 1.54. The van der Waals surface area contributed by atoms with Crippen LogP contribution in [0.4, 0.5) is 21.5 Å². The van der Waals surface area contributed by atoms with Crippen molar-refractivity contribution in [1.29, 1.82) is 0 Å². The van der Waals surface area contributed by atoms with E-state index in [9.17, 15) is 14.5 Å². The van der Waals surface area contributed by atoms with Crippen LogP contribution in [0.25, 0.3) is 0 Å². The Balaban J connectivity index is 1.78. The van der Waals surface area contributed by atoms with Gasteiger partial charge in [0.05, 0.1) is 16.3 Å². The highest BCUT2D eigenvalue weighted by Gasteiger charge is 2.18. The smallest absolute Gasteiger partial charge is 0.269 e. The molecule has 0 unspecified atom stereocenters. The van der Waals surface area contributed by atoms with Crippen molar-refractivity contribution in [3.05, 3.63) is 57.9 Å². The van der Waals surface area contributed by atoms with Crippen LogP contribution in [0.15, 0.2) is 46.3 Å². The molecule has 2 aromatic rings. The number of benzene rings is 2. The number of piperazine rings is 1. The van der Waals surface area contributed by atoms with E-state index < -0.39 is 4.92 Å². The number of anilines is 1. The summed E-state index contributed by atoms with van der Waals surface area (Å²) in [4.78, 5) is 19.3. The van der Waals surface area contributed by atoms with Crippen molar-refractivity contribution in [2.24, 2.45) is 4.99 Å². The first-order chi connectivity index (χ1) is 12.4. The summed E-state index contributed by atoms with van der Waals surface area (Å²) in [5, 5.41) is 10.7. The summed E-state index contributed by atoms with van der Waals surface area (Å²) in [5.41, 5.74) is 1.66. The Morgan fingerprint density at radius 1 is 1.19 bits per heavy atom. The summed E-state index contributed by atoms with van der Waals surface area (Å²) in [5.74, 6) is -0.330. The van der Waals surface area contributed by atoms with Gasteiger partial charge in [0.25, 0.3) is 5.69 Å². The number of rotatable bonds is 4. The van der Waals surface area contributed by atoms with Gasteiger partial charge in [-0.2, -0.15) is 0 Å². The van der Waals surface area contributed by atoms with Gasteiger partial charge in [-0.1, -0.05) is 0 Å². The van der Waals surface area contributed by atoms with Gasteiger partial charge in [-0.25, -0.2) is 4.39 Å². The Morgan fingerprint density at radius 3 is 2.46 bits per heavy atom. The number of likely N-dealkylation sites (N-methyl/N-ethyl adjacent to an activating group) is 1. The third-order valence-electron chi connectivity index (χ3n) is 4.34. The van der Waals surface area contributed by atoms with Crippen molar-refractivity contribution in [2.75, 3.05) is 38.1 Å². The minimum Gasteiger partial charge on any atom is -0.367 e. The summed E-state index contributed by atoms with van der Waals surface area (Å²) >= 11 is 4.43. The van der Waals surface area contributed by atoms with E-state index in [2.05, 4.69) is 22.5 Å². The van der Waals surface area contributed by atoms with Crippen molar-refractivity contribution in [2.45, 2.75) is 4.90 Å². The maximum absolute atomic E-state index is 14.5. The van der Waals surface area contributed by atoms with Crippen molar-refractivity contribution in [3.8, 4) is 0 Å². The van der Waals surface area contributed by atoms with Crippen LogP contribution in [-0.2, 0) is 0 Å². The third kappa shape index (κ3) is 4.20. The highest BCUT2D eigenvalue weighted by atomic mass is 32.1. The lowest BCUT2D eigenvalue weighted by atomic mass is 10.2. The number of hydrogen-bond acceptors (Lipinski definition) is 6. The summed E-state index contributed by atoms with van der Waals surface area (Å²) in [6, 6.07) is 9.06. The van der Waals surface area contributed by atoms with Crippen molar-refractivity contribution in [3.63, 3.8) is 0 Å². The summed E-state index contributed by atoms with van der Waals surface area (Å²) in [7, 11) is 2.05. The van der Waals surface area contributed by atoms with Gasteiger partial charge in [0.15, 0.2) is 0 Å². The molecule has 1 fully saturated rings. The predicted molar refractivity (Wildman–Crippen MR) is 104 cm³/mol. The maximum atomic E-state index is 14.5. The number of nitro groups is 1. The molecule has 2 aromatic carbocycles. The third-order valence-corrected chi connectivity index (χ3v) is 4.70. The molecule has 0 atom stereocenters. The van der Waals surface area contributed by atoms with Gasteiger partial charge in [-0.3, -0.25) is 15.1 Å². The van der Waals surface area contributed by atoms with E-state index in [4.69, 9.17) is 0 Å². The van der Waals surface area contributed by atoms with Crippen LogP contribution in [0, 0.1) is 15.9 Å². The predicted octanol–water partition coefficient (Wildman–Crippen LogP) is 3.53. The van der Waals surface area contributed by atoms with Gasteiger partial charge in [0, 0.05) is 55.5 Å². The number of aliphatic imine (C=N–C) groups is 1. The van der Waals surface area contributed by atoms with Gasteiger partial charge in [-0.15, -0.1) is 12.6 Å². The zero-order chi connectivity index (χ0) is 18.7. The van der Waals surface area contributed by atoms with Crippen LogP contribution < -0.4 is 4.90 Å². The molecule has 0 N–H and O–H groups in total. The normalized spacial score (nSPS) is 15.6. The van der Waals surface area contributed by atoms with E-state index >= 15 is 0 Å². The van der Waals surface area contributed by atoms with Crippen LogP contribution >= 0.6 is 12.6 Å². The van der Waals surface area contributed by atoms with Gasteiger partial charge < -0.3 is 9.80 Å². The molecule has 1 aliphatic heterocycles. The minimum atomic E-state index is -0.459. The molecule has 1 aliphatic rings. The van der Waals surface area contributed by atoms with E-state index in [-0.39, 0.29) is 11.5 Å². The number of non-ortho nitro benzene ring substituents is 1. The fraction of sp³-hybridized carbons (Fsp3) is 0.278. The largest absolute Gasteiger partial charge is 0.367 e. The lowest BCUT2D eigenvalue weighted by Crippen LogP contribution is -2.44. The summed E-state index contributed by atoms with van der Waals surface area (Å²) in [6.45, 7) is 3.32. The average molecular weight is 374 g/mol. The van der Waals surface area contributed by atoms with Crippen LogP contribution in [0.5, 0.6) is 0 Å².